The molecule has 0 radical (unpaired) electrons. The summed E-state index contributed by atoms with van der Waals surface area (Å²) in [7, 11) is 0. The lowest BCUT2D eigenvalue weighted by Crippen LogP contribution is -2.47. The zero-order valence-corrected chi connectivity index (χ0v) is 11.2. The highest BCUT2D eigenvalue weighted by molar-refractivity contribution is 5.83. The molecule has 0 bridgehead atoms. The molecule has 2 aromatic carbocycles. The molecule has 0 spiro atoms. The van der Waals surface area contributed by atoms with E-state index in [-0.39, 0.29) is 0 Å². The van der Waals surface area contributed by atoms with Crippen LogP contribution < -0.4 is 4.74 Å². The van der Waals surface area contributed by atoms with Gasteiger partial charge in [-0.05, 0) is 30.2 Å². The van der Waals surface area contributed by atoms with Crippen molar-refractivity contribution in [2.45, 2.75) is 5.60 Å². The van der Waals surface area contributed by atoms with Gasteiger partial charge >= 0.3 is 5.97 Å². The van der Waals surface area contributed by atoms with E-state index < -0.39 is 18.2 Å². The topological polar surface area (TPSA) is 66.8 Å². The molecule has 0 amide bonds. The molecule has 0 aliphatic heterocycles. The van der Waals surface area contributed by atoms with E-state index in [0.717, 1.165) is 0 Å². The molecule has 0 saturated carbocycles. The van der Waals surface area contributed by atoms with Crippen LogP contribution in [0.25, 0.3) is 0 Å². The summed E-state index contributed by atoms with van der Waals surface area (Å²) in [4.78, 5) is 11.5. The average Bonchev–Trinajstić information content (AvgIpc) is 2.53. The first-order valence-corrected chi connectivity index (χ1v) is 6.33. The fourth-order valence-corrected chi connectivity index (χ4v) is 1.65. The molecule has 0 heterocycles. The summed E-state index contributed by atoms with van der Waals surface area (Å²) < 4.78 is 5.41. The molecule has 0 fully saturated rings. The molecule has 2 aromatic rings. The fraction of sp³-hybridized carbons (Fsp3) is 0.118. The van der Waals surface area contributed by atoms with Crippen molar-refractivity contribution in [3.63, 3.8) is 0 Å². The van der Waals surface area contributed by atoms with Crippen molar-refractivity contribution in [3.8, 4) is 17.6 Å². The van der Waals surface area contributed by atoms with Gasteiger partial charge in [0.1, 0.15) is 12.4 Å². The van der Waals surface area contributed by atoms with Crippen molar-refractivity contribution in [3.05, 3.63) is 66.2 Å². The number of carboxylic acids is 1. The number of ether oxygens (including phenoxy) is 1. The Morgan fingerprint density at radius 1 is 1.05 bits per heavy atom. The van der Waals surface area contributed by atoms with Crippen LogP contribution in [0.2, 0.25) is 0 Å². The number of hydrogen-bond acceptors (Lipinski definition) is 3. The Bertz CT molecular complexity index is 655. The molecule has 0 aliphatic carbocycles. The van der Waals surface area contributed by atoms with E-state index in [1.54, 1.807) is 54.6 Å². The van der Waals surface area contributed by atoms with Gasteiger partial charge in [-0.3, -0.25) is 0 Å². The van der Waals surface area contributed by atoms with E-state index in [1.807, 2.05) is 6.07 Å². The van der Waals surface area contributed by atoms with Crippen molar-refractivity contribution >= 4 is 5.97 Å². The summed E-state index contributed by atoms with van der Waals surface area (Å²) in [5.74, 6) is 4.24. The second-order valence-corrected chi connectivity index (χ2v) is 4.32. The van der Waals surface area contributed by atoms with E-state index >= 15 is 0 Å². The first-order chi connectivity index (χ1) is 10.2. The van der Waals surface area contributed by atoms with E-state index in [1.165, 1.54) is 0 Å². The summed E-state index contributed by atoms with van der Waals surface area (Å²) in [5.41, 5.74) is -1.34. The van der Waals surface area contributed by atoms with Crippen LogP contribution in [0, 0.1) is 11.8 Å². The molecular weight excluding hydrogens is 268 g/mol. The lowest BCUT2D eigenvalue weighted by molar-refractivity contribution is -0.152. The van der Waals surface area contributed by atoms with Gasteiger partial charge in [0.2, 0.25) is 0 Å². The minimum Gasteiger partial charge on any atom is -0.477 e. The number of carboxylic acid groups (broad SMARTS) is 1. The van der Waals surface area contributed by atoms with Crippen molar-refractivity contribution in [1.29, 1.82) is 0 Å². The van der Waals surface area contributed by atoms with Crippen LogP contribution in [0.4, 0.5) is 0 Å². The first-order valence-electron chi connectivity index (χ1n) is 6.33. The molecule has 0 aromatic heterocycles. The Hall–Kier alpha value is -2.77. The maximum absolute atomic E-state index is 11.5. The van der Waals surface area contributed by atoms with Gasteiger partial charge in [0.05, 0.1) is 0 Å². The zero-order valence-electron chi connectivity index (χ0n) is 11.2. The second-order valence-electron chi connectivity index (χ2n) is 4.32. The highest BCUT2D eigenvalue weighted by atomic mass is 16.5. The number of para-hydroxylation sites is 1. The lowest BCUT2D eigenvalue weighted by atomic mass is 10.1. The second kappa shape index (κ2) is 6.60. The van der Waals surface area contributed by atoms with Crippen molar-refractivity contribution in [2.75, 3.05) is 6.61 Å². The zero-order chi connectivity index (χ0) is 15.1. The Balaban J connectivity index is 2.34. The third-order valence-electron chi connectivity index (χ3n) is 2.79. The van der Waals surface area contributed by atoms with Gasteiger partial charge in [-0.2, -0.15) is 0 Å². The van der Waals surface area contributed by atoms with Crippen LogP contribution in [0.1, 0.15) is 5.56 Å². The maximum atomic E-state index is 11.5. The maximum Gasteiger partial charge on any atom is 0.363 e. The van der Waals surface area contributed by atoms with Gasteiger partial charge in [0.15, 0.2) is 0 Å². The molecular formula is C17H14O4. The predicted molar refractivity (Wildman–Crippen MR) is 77.8 cm³/mol. The van der Waals surface area contributed by atoms with Gasteiger partial charge in [-0.15, -0.1) is 0 Å². The van der Waals surface area contributed by atoms with Gasteiger partial charge < -0.3 is 14.9 Å². The SMILES string of the molecule is O=C(O)C(C#Cc1ccccc1)(CO)Oc1ccccc1. The van der Waals surface area contributed by atoms with E-state index in [0.29, 0.717) is 11.3 Å². The highest BCUT2D eigenvalue weighted by Gasteiger charge is 2.39. The van der Waals surface area contributed by atoms with Gasteiger partial charge in [0.25, 0.3) is 5.60 Å². The molecule has 4 heteroatoms. The summed E-state index contributed by atoms with van der Waals surface area (Å²) in [6.45, 7) is -0.753. The normalized spacial score (nSPS) is 12.6. The molecule has 0 aliphatic rings. The summed E-state index contributed by atoms with van der Waals surface area (Å²) in [5, 5.41) is 18.9. The van der Waals surface area contributed by atoms with E-state index in [2.05, 4.69) is 11.8 Å². The van der Waals surface area contributed by atoms with Crippen LogP contribution in [0.15, 0.2) is 60.7 Å². The average molecular weight is 282 g/mol. The van der Waals surface area contributed by atoms with Crippen LogP contribution in [0.5, 0.6) is 5.75 Å². The smallest absolute Gasteiger partial charge is 0.363 e. The van der Waals surface area contributed by atoms with Crippen LogP contribution in [0.3, 0.4) is 0 Å². The highest BCUT2D eigenvalue weighted by Crippen LogP contribution is 2.18. The fourth-order valence-electron chi connectivity index (χ4n) is 1.65. The Kier molecular flexibility index (Phi) is 4.60. The number of aliphatic carboxylic acids is 1. The van der Waals surface area contributed by atoms with Crippen LogP contribution in [-0.4, -0.2) is 28.4 Å². The summed E-state index contributed by atoms with van der Waals surface area (Å²) in [6, 6.07) is 17.3. The monoisotopic (exact) mass is 282 g/mol. The van der Waals surface area contributed by atoms with Gasteiger partial charge in [0, 0.05) is 5.56 Å². The molecule has 106 valence electrons. The summed E-state index contributed by atoms with van der Waals surface area (Å²) >= 11 is 0. The number of aliphatic hydroxyl groups excluding tert-OH is 1. The molecule has 0 saturated heterocycles. The lowest BCUT2D eigenvalue weighted by Gasteiger charge is -2.22. The molecule has 4 nitrogen and oxygen atoms in total. The minimum atomic E-state index is -1.99. The number of aliphatic hydroxyl groups is 1. The number of rotatable bonds is 4. The largest absolute Gasteiger partial charge is 0.477 e. The van der Waals surface area contributed by atoms with Crippen LogP contribution in [-0.2, 0) is 4.79 Å². The number of hydrogen-bond donors (Lipinski definition) is 2. The quantitative estimate of drug-likeness (QED) is 0.841. The molecule has 1 atom stereocenters. The van der Waals surface area contributed by atoms with Crippen molar-refractivity contribution in [1.82, 2.24) is 0 Å². The number of carbonyl (C=O) groups is 1. The number of benzene rings is 2. The minimum absolute atomic E-state index is 0.330. The molecule has 1 unspecified atom stereocenters. The molecule has 2 rings (SSSR count). The third kappa shape index (κ3) is 3.62. The van der Waals surface area contributed by atoms with E-state index in [4.69, 9.17) is 4.74 Å². The predicted octanol–water partition coefficient (Wildman–Crippen LogP) is 1.93. The third-order valence-corrected chi connectivity index (χ3v) is 2.79. The summed E-state index contributed by atoms with van der Waals surface area (Å²) in [6.07, 6.45) is 0. The Morgan fingerprint density at radius 2 is 1.62 bits per heavy atom. The van der Waals surface area contributed by atoms with E-state index in [9.17, 15) is 15.0 Å². The Morgan fingerprint density at radius 3 is 2.14 bits per heavy atom. The first kappa shape index (κ1) is 14.6. The van der Waals surface area contributed by atoms with Crippen molar-refractivity contribution < 1.29 is 19.7 Å². The van der Waals surface area contributed by atoms with Gasteiger partial charge in [-0.1, -0.05) is 42.3 Å². The van der Waals surface area contributed by atoms with Crippen molar-refractivity contribution in [2.24, 2.45) is 0 Å². The van der Waals surface area contributed by atoms with Crippen LogP contribution >= 0.6 is 0 Å². The molecule has 2 N–H and O–H groups in total. The Labute approximate surface area is 122 Å². The molecule has 21 heavy (non-hydrogen) atoms. The standard InChI is InChI=1S/C17H14O4/c18-13-17(16(19)20,21-15-9-5-2-6-10-15)12-11-14-7-3-1-4-8-14/h1-10,18H,13H2,(H,19,20). The van der Waals surface area contributed by atoms with Gasteiger partial charge in [-0.25, -0.2) is 4.79 Å².